The van der Waals surface area contributed by atoms with E-state index in [2.05, 4.69) is 16.2 Å². The highest BCUT2D eigenvalue weighted by molar-refractivity contribution is 5.83. The maximum atomic E-state index is 12.5. The van der Waals surface area contributed by atoms with E-state index >= 15 is 0 Å². The molecule has 2 heterocycles. The van der Waals surface area contributed by atoms with Gasteiger partial charge in [0.15, 0.2) is 0 Å². The topological polar surface area (TPSA) is 107 Å². The Morgan fingerprint density at radius 3 is 2.54 bits per heavy atom. The summed E-state index contributed by atoms with van der Waals surface area (Å²) in [5, 5.41) is 14.0. The van der Waals surface area contributed by atoms with E-state index in [1.165, 1.54) is 0 Å². The van der Waals surface area contributed by atoms with E-state index in [-0.39, 0.29) is 18.0 Å². The Kier molecular flexibility index (Phi) is 4.88. The van der Waals surface area contributed by atoms with Gasteiger partial charge in [-0.2, -0.15) is 10.4 Å². The van der Waals surface area contributed by atoms with E-state index in [0.717, 1.165) is 0 Å². The lowest BCUT2D eigenvalue weighted by Crippen LogP contribution is -2.25. The Morgan fingerprint density at radius 2 is 2.04 bits per heavy atom. The van der Waals surface area contributed by atoms with Gasteiger partial charge in [-0.05, 0) is 45.4 Å². The molecule has 0 amide bonds. The molecule has 2 rings (SSSR count). The number of nitrogen functional groups attached to an aromatic ring is 1. The van der Waals surface area contributed by atoms with Gasteiger partial charge in [0.1, 0.15) is 29.1 Å². The minimum absolute atomic E-state index is 0.194. The first kappa shape index (κ1) is 17.5. The molecule has 0 aliphatic carbocycles. The number of ether oxygens (including phenoxy) is 1. The van der Waals surface area contributed by atoms with Crippen molar-refractivity contribution in [2.45, 2.75) is 39.2 Å². The van der Waals surface area contributed by atoms with Gasteiger partial charge in [0.05, 0.1) is 12.1 Å². The number of rotatable bonds is 4. The van der Waals surface area contributed by atoms with E-state index in [0.29, 0.717) is 11.3 Å². The van der Waals surface area contributed by atoms with Crippen LogP contribution in [0.2, 0.25) is 0 Å². The smallest absolute Gasteiger partial charge is 0.319 e. The average Bonchev–Trinajstić information content (AvgIpc) is 2.85. The molecule has 0 radical (unpaired) electrons. The molecule has 0 aromatic carbocycles. The van der Waals surface area contributed by atoms with Crippen molar-refractivity contribution in [1.82, 2.24) is 14.8 Å². The number of carbonyl (C=O) groups is 1. The average molecular weight is 327 g/mol. The number of esters is 1. The SMILES string of the molecule is CCOC(=O)C(c1ccncc1)c1nn(C(C)(C)C)c(N)c1C#N. The molecule has 2 aromatic rings. The monoisotopic (exact) mass is 327 g/mol. The summed E-state index contributed by atoms with van der Waals surface area (Å²) in [7, 11) is 0. The maximum Gasteiger partial charge on any atom is 0.319 e. The van der Waals surface area contributed by atoms with Crippen LogP contribution < -0.4 is 5.73 Å². The Hall–Kier alpha value is -2.88. The van der Waals surface area contributed by atoms with Crippen LogP contribution in [0.1, 0.15) is 50.4 Å². The zero-order chi connectivity index (χ0) is 17.9. The van der Waals surface area contributed by atoms with Crippen molar-refractivity contribution in [3.05, 3.63) is 41.3 Å². The fourth-order valence-corrected chi connectivity index (χ4v) is 2.46. The summed E-state index contributed by atoms with van der Waals surface area (Å²) in [6, 6.07) is 5.48. The zero-order valence-corrected chi connectivity index (χ0v) is 14.3. The summed E-state index contributed by atoms with van der Waals surface area (Å²) in [5.41, 5.74) is 6.83. The lowest BCUT2D eigenvalue weighted by Gasteiger charge is -2.21. The third-order valence-corrected chi connectivity index (χ3v) is 3.53. The molecule has 2 aromatic heterocycles. The summed E-state index contributed by atoms with van der Waals surface area (Å²) in [4.78, 5) is 16.5. The molecule has 0 aliphatic rings. The molecule has 0 saturated carbocycles. The first-order valence-corrected chi connectivity index (χ1v) is 7.66. The number of anilines is 1. The summed E-state index contributed by atoms with van der Waals surface area (Å²) in [6.45, 7) is 7.74. The summed E-state index contributed by atoms with van der Waals surface area (Å²) in [5.74, 6) is -1.06. The molecule has 0 fully saturated rings. The Bertz CT molecular complexity index is 769. The van der Waals surface area contributed by atoms with Crippen molar-refractivity contribution in [3.63, 3.8) is 0 Å². The van der Waals surface area contributed by atoms with Crippen molar-refractivity contribution >= 4 is 11.8 Å². The van der Waals surface area contributed by atoms with Crippen molar-refractivity contribution in [3.8, 4) is 6.07 Å². The van der Waals surface area contributed by atoms with E-state index < -0.39 is 17.4 Å². The molecule has 24 heavy (non-hydrogen) atoms. The van der Waals surface area contributed by atoms with Gasteiger partial charge < -0.3 is 10.5 Å². The Morgan fingerprint density at radius 1 is 1.42 bits per heavy atom. The first-order chi connectivity index (χ1) is 11.3. The minimum atomic E-state index is -0.825. The molecule has 126 valence electrons. The number of carbonyl (C=O) groups excluding carboxylic acids is 1. The molecule has 1 unspecified atom stereocenters. The largest absolute Gasteiger partial charge is 0.465 e. The molecule has 1 atom stereocenters. The molecule has 7 heteroatoms. The summed E-state index contributed by atoms with van der Waals surface area (Å²) < 4.78 is 6.75. The highest BCUT2D eigenvalue weighted by Crippen LogP contribution is 2.32. The second-order valence-electron chi connectivity index (χ2n) is 6.31. The standard InChI is InChI=1S/C17H21N5O2/c1-5-24-16(23)13(11-6-8-20-9-7-11)14-12(10-18)15(19)22(21-14)17(2,3)4/h6-9,13H,5,19H2,1-4H3. The van der Waals surface area contributed by atoms with Crippen LogP contribution in [0.3, 0.4) is 0 Å². The minimum Gasteiger partial charge on any atom is -0.465 e. The molecule has 2 N–H and O–H groups in total. The fourth-order valence-electron chi connectivity index (χ4n) is 2.46. The predicted molar refractivity (Wildman–Crippen MR) is 89.1 cm³/mol. The molecular weight excluding hydrogens is 306 g/mol. The van der Waals surface area contributed by atoms with Gasteiger partial charge in [0.25, 0.3) is 0 Å². The van der Waals surface area contributed by atoms with Crippen molar-refractivity contribution in [1.29, 1.82) is 5.26 Å². The number of pyridine rings is 1. The van der Waals surface area contributed by atoms with E-state index in [1.54, 1.807) is 36.1 Å². The van der Waals surface area contributed by atoms with Gasteiger partial charge in [0, 0.05) is 12.4 Å². The van der Waals surface area contributed by atoms with Crippen LogP contribution >= 0.6 is 0 Å². The second kappa shape index (κ2) is 6.71. The Balaban J connectivity index is 2.67. The molecule has 0 bridgehead atoms. The van der Waals surface area contributed by atoms with Gasteiger partial charge >= 0.3 is 5.97 Å². The highest BCUT2D eigenvalue weighted by Gasteiger charge is 2.33. The van der Waals surface area contributed by atoms with Crippen LogP contribution in [-0.4, -0.2) is 27.3 Å². The number of hydrogen-bond donors (Lipinski definition) is 1. The van der Waals surface area contributed by atoms with Gasteiger partial charge in [-0.15, -0.1) is 0 Å². The molecular formula is C17H21N5O2. The van der Waals surface area contributed by atoms with Gasteiger partial charge in [-0.1, -0.05) is 0 Å². The summed E-state index contributed by atoms with van der Waals surface area (Å²) >= 11 is 0. The van der Waals surface area contributed by atoms with Gasteiger partial charge in [0.2, 0.25) is 0 Å². The predicted octanol–water partition coefficient (Wildman–Crippen LogP) is 2.18. The second-order valence-corrected chi connectivity index (χ2v) is 6.31. The van der Waals surface area contributed by atoms with Gasteiger partial charge in [-0.3, -0.25) is 9.78 Å². The molecule has 0 spiro atoms. The van der Waals surface area contributed by atoms with Gasteiger partial charge in [-0.25, -0.2) is 4.68 Å². The lowest BCUT2D eigenvalue weighted by molar-refractivity contribution is -0.143. The lowest BCUT2D eigenvalue weighted by atomic mass is 9.94. The van der Waals surface area contributed by atoms with Crippen molar-refractivity contribution in [2.24, 2.45) is 0 Å². The third kappa shape index (κ3) is 3.23. The summed E-state index contributed by atoms with van der Waals surface area (Å²) in [6.07, 6.45) is 3.16. The van der Waals surface area contributed by atoms with E-state index in [4.69, 9.17) is 10.5 Å². The van der Waals surface area contributed by atoms with Crippen LogP contribution in [0, 0.1) is 11.3 Å². The van der Waals surface area contributed by atoms with E-state index in [1.807, 2.05) is 20.8 Å². The third-order valence-electron chi connectivity index (χ3n) is 3.53. The molecule has 7 nitrogen and oxygen atoms in total. The van der Waals surface area contributed by atoms with Crippen molar-refractivity contribution in [2.75, 3.05) is 12.3 Å². The van der Waals surface area contributed by atoms with Crippen LogP contribution in [0.4, 0.5) is 5.82 Å². The first-order valence-electron chi connectivity index (χ1n) is 7.66. The van der Waals surface area contributed by atoms with Crippen molar-refractivity contribution < 1.29 is 9.53 Å². The van der Waals surface area contributed by atoms with Crippen LogP contribution in [0.15, 0.2) is 24.5 Å². The number of nitrogens with two attached hydrogens (primary N) is 1. The molecule has 0 aliphatic heterocycles. The van der Waals surface area contributed by atoms with Crippen LogP contribution in [-0.2, 0) is 15.1 Å². The number of nitrogens with zero attached hydrogens (tertiary/aromatic N) is 4. The van der Waals surface area contributed by atoms with Crippen LogP contribution in [0.5, 0.6) is 0 Å². The number of aromatic nitrogens is 3. The fraction of sp³-hybridized carbons (Fsp3) is 0.412. The van der Waals surface area contributed by atoms with Crippen LogP contribution in [0.25, 0.3) is 0 Å². The Labute approximate surface area is 141 Å². The van der Waals surface area contributed by atoms with E-state index in [9.17, 15) is 10.1 Å². The number of hydrogen-bond acceptors (Lipinski definition) is 6. The number of nitriles is 1. The zero-order valence-electron chi connectivity index (χ0n) is 14.3. The molecule has 0 saturated heterocycles. The normalized spacial score (nSPS) is 12.5. The highest BCUT2D eigenvalue weighted by atomic mass is 16.5. The maximum absolute atomic E-state index is 12.5. The quantitative estimate of drug-likeness (QED) is 0.863.